The number of nitrogens with zero attached hydrogens (tertiary/aromatic N) is 3. The van der Waals surface area contributed by atoms with Crippen LogP contribution in [0, 0.1) is 19.8 Å². The fraction of sp³-hybridized carbons (Fsp3) is 0.284. The lowest BCUT2D eigenvalue weighted by Gasteiger charge is -2.46. The Balaban J connectivity index is 1.20. The maximum atomic E-state index is 2.75. The molecule has 0 spiro atoms. The smallest absolute Gasteiger partial charge is 0.252 e. The van der Waals surface area contributed by atoms with Gasteiger partial charge in [-0.1, -0.05) is 133 Å². The van der Waals surface area contributed by atoms with Crippen LogP contribution in [0.2, 0.25) is 0 Å². The van der Waals surface area contributed by atoms with E-state index in [-0.39, 0.29) is 17.5 Å². The van der Waals surface area contributed by atoms with E-state index in [1.54, 1.807) is 5.57 Å². The van der Waals surface area contributed by atoms with Gasteiger partial charge in [0, 0.05) is 45.2 Å². The van der Waals surface area contributed by atoms with Gasteiger partial charge in [0.2, 0.25) is 0 Å². The third-order valence-corrected chi connectivity index (χ3v) is 16.7. The summed E-state index contributed by atoms with van der Waals surface area (Å²) in [7, 11) is 0. The minimum atomic E-state index is -0.0534. The Hall–Kier alpha value is -6.78. The van der Waals surface area contributed by atoms with Crippen molar-refractivity contribution in [2.24, 2.45) is 5.92 Å². The van der Waals surface area contributed by atoms with Gasteiger partial charge in [-0.3, -0.25) is 0 Å². The van der Waals surface area contributed by atoms with Gasteiger partial charge in [0.25, 0.3) is 6.71 Å². The first kappa shape index (κ1) is 44.2. The third-order valence-electron chi connectivity index (χ3n) is 16.7. The van der Waals surface area contributed by atoms with Gasteiger partial charge < -0.3 is 14.7 Å². The minimum Gasteiger partial charge on any atom is -0.311 e. The van der Waals surface area contributed by atoms with E-state index < -0.39 is 0 Å². The lowest BCUT2D eigenvalue weighted by molar-refractivity contribution is 0.590. The van der Waals surface area contributed by atoms with Crippen molar-refractivity contribution in [3.63, 3.8) is 0 Å². The molecule has 1 unspecified atom stereocenters. The van der Waals surface area contributed by atoms with Crippen molar-refractivity contribution in [1.29, 1.82) is 0 Å². The lowest BCUT2D eigenvalue weighted by Crippen LogP contribution is -2.61. The Labute approximate surface area is 423 Å². The molecule has 0 saturated carbocycles. The Morgan fingerprint density at radius 1 is 0.507 bits per heavy atom. The second kappa shape index (κ2) is 16.1. The van der Waals surface area contributed by atoms with Gasteiger partial charge in [0.15, 0.2) is 0 Å². The molecule has 2 heterocycles. The molecule has 3 aliphatic carbocycles. The van der Waals surface area contributed by atoms with Gasteiger partial charge in [-0.15, -0.1) is 0 Å². The fourth-order valence-electron chi connectivity index (χ4n) is 13.4. The van der Waals surface area contributed by atoms with Crippen LogP contribution in [0.5, 0.6) is 0 Å². The quantitative estimate of drug-likeness (QED) is 0.159. The zero-order valence-electron chi connectivity index (χ0n) is 43.3. The van der Waals surface area contributed by atoms with Crippen LogP contribution in [0.1, 0.15) is 118 Å². The number of anilines is 9. The van der Waals surface area contributed by atoms with E-state index in [4.69, 9.17) is 0 Å². The molecule has 8 aromatic carbocycles. The molecule has 1 atom stereocenters. The van der Waals surface area contributed by atoms with E-state index in [1.807, 2.05) is 0 Å². The first-order chi connectivity index (χ1) is 34.2. The van der Waals surface area contributed by atoms with Crippen LogP contribution in [-0.4, -0.2) is 6.71 Å². The Bertz CT molecular complexity index is 3510. The first-order valence-electron chi connectivity index (χ1n) is 26.6. The van der Waals surface area contributed by atoms with Crippen molar-refractivity contribution in [2.75, 3.05) is 14.7 Å². The van der Waals surface area contributed by atoms with Crippen LogP contribution in [-0.2, 0) is 36.5 Å². The van der Waals surface area contributed by atoms with Crippen LogP contribution >= 0.6 is 0 Å². The number of benzene rings is 8. The highest BCUT2D eigenvalue weighted by atomic mass is 15.2. The third kappa shape index (κ3) is 7.06. The maximum absolute atomic E-state index is 2.75. The number of aryl methyl sites for hydroxylation is 5. The van der Waals surface area contributed by atoms with Crippen LogP contribution in [0.15, 0.2) is 146 Å². The average Bonchev–Trinajstić information content (AvgIpc) is 3.34. The predicted molar refractivity (Wildman–Crippen MR) is 305 cm³/mol. The van der Waals surface area contributed by atoms with Crippen LogP contribution < -0.4 is 31.1 Å². The minimum absolute atomic E-state index is 0.00400. The molecule has 0 aromatic heterocycles. The van der Waals surface area contributed by atoms with Gasteiger partial charge in [0.05, 0.1) is 11.4 Å². The molecule has 3 nitrogen and oxygen atoms in total. The van der Waals surface area contributed by atoms with Gasteiger partial charge in [0.1, 0.15) is 0 Å². The highest BCUT2D eigenvalue weighted by Gasteiger charge is 2.46. The Morgan fingerprint density at radius 3 is 1.68 bits per heavy atom. The van der Waals surface area contributed by atoms with E-state index in [1.165, 1.54) is 124 Å². The molecule has 0 saturated heterocycles. The van der Waals surface area contributed by atoms with Crippen LogP contribution in [0.25, 0.3) is 16.3 Å². The molecule has 0 fully saturated rings. The number of fused-ring (bicyclic) bond motifs is 4. The predicted octanol–water partition coefficient (Wildman–Crippen LogP) is 16.0. The summed E-state index contributed by atoms with van der Waals surface area (Å²) < 4.78 is 0. The summed E-state index contributed by atoms with van der Waals surface area (Å²) in [6.45, 7) is 21.1. The number of hydrogen-bond acceptors (Lipinski definition) is 3. The van der Waals surface area contributed by atoms with Crippen LogP contribution in [0.4, 0.5) is 51.2 Å². The first-order valence-corrected chi connectivity index (χ1v) is 26.6. The van der Waals surface area contributed by atoms with Gasteiger partial charge in [-0.05, 0) is 214 Å². The molecule has 8 aromatic rings. The topological polar surface area (TPSA) is 9.72 Å². The number of hydrogen-bond donors (Lipinski definition) is 0. The second-order valence-corrected chi connectivity index (χ2v) is 23.8. The monoisotopic (exact) mass is 924 g/mol. The molecule has 5 aliphatic rings. The standard InChI is InChI=1S/C67H66BN3/c1-41-15-10-22-50(34-41)69(51-23-11-16-42(2)35-51)52-39-61-65-62(40-52)71(58-32-26-46-19-13-21-47-33-43(3)36-54(58)64(46)47)60-38-49(67(7,8)9)28-30-56(60)68(65)55-29-27-48(66(4,5)6)37-59(55)70(61)57-31-25-45-18-12-17-44-20-14-24-53(57)63(44)45/h10-11,14-16,20,22-35,37-40,43H,12-13,17-19,21,36H2,1-9H3. The van der Waals surface area contributed by atoms with Gasteiger partial charge in [-0.25, -0.2) is 0 Å². The molecule has 0 radical (unpaired) electrons. The molecule has 4 heteroatoms. The number of rotatable bonds is 5. The molecule has 13 rings (SSSR count). The van der Waals surface area contributed by atoms with E-state index in [2.05, 4.69) is 223 Å². The largest absolute Gasteiger partial charge is 0.311 e. The van der Waals surface area contributed by atoms with E-state index in [0.29, 0.717) is 5.92 Å². The molecular formula is C67H66BN3. The Kier molecular flexibility index (Phi) is 10.0. The van der Waals surface area contributed by atoms with E-state index in [0.717, 1.165) is 49.2 Å². The maximum Gasteiger partial charge on any atom is 0.252 e. The fourth-order valence-corrected chi connectivity index (χ4v) is 13.4. The summed E-state index contributed by atoms with van der Waals surface area (Å²) in [5.41, 5.74) is 29.4. The van der Waals surface area contributed by atoms with Crippen LogP contribution in [0.3, 0.4) is 0 Å². The molecule has 2 aliphatic heterocycles. The summed E-state index contributed by atoms with van der Waals surface area (Å²) in [5, 5.41) is 2.79. The molecule has 0 N–H and O–H groups in total. The normalized spacial score (nSPS) is 16.5. The number of allylic oxidation sites excluding steroid dienone is 2. The van der Waals surface area contributed by atoms with Gasteiger partial charge >= 0.3 is 0 Å². The highest BCUT2D eigenvalue weighted by molar-refractivity contribution is 7.00. The Morgan fingerprint density at radius 2 is 1.06 bits per heavy atom. The van der Waals surface area contributed by atoms with E-state index in [9.17, 15) is 0 Å². The molecule has 352 valence electrons. The van der Waals surface area contributed by atoms with Crippen molar-refractivity contribution in [3.05, 3.63) is 196 Å². The van der Waals surface area contributed by atoms with Crippen molar-refractivity contribution < 1.29 is 0 Å². The zero-order valence-corrected chi connectivity index (χ0v) is 43.3. The summed E-state index contributed by atoms with van der Waals surface area (Å²) in [6, 6.07) is 55.4. The highest BCUT2D eigenvalue weighted by Crippen LogP contribution is 2.53. The molecule has 0 amide bonds. The molecule has 0 bridgehead atoms. The van der Waals surface area contributed by atoms with Gasteiger partial charge in [-0.2, -0.15) is 0 Å². The summed E-state index contributed by atoms with van der Waals surface area (Å²) in [5.74, 6) is 0.466. The van der Waals surface area contributed by atoms with E-state index >= 15 is 0 Å². The van der Waals surface area contributed by atoms with Crippen molar-refractivity contribution in [2.45, 2.75) is 118 Å². The van der Waals surface area contributed by atoms with Crippen molar-refractivity contribution >= 4 is 90.6 Å². The SMILES string of the molecule is Cc1cccc(N(c2cccc(C)c2)c2cc3c4c(c2)N(c2ccc5c6c(cccc26)CCC5)c2cc(C(C)(C)C)ccc2B4c2ccc(C(C)(C)C)cc2N3c2ccc3c4c2CC(C)C=C4CCC3)c1. The summed E-state index contributed by atoms with van der Waals surface area (Å²) in [4.78, 5) is 7.98. The average molecular weight is 924 g/mol. The molecular weight excluding hydrogens is 858 g/mol. The molecule has 71 heavy (non-hydrogen) atoms. The van der Waals surface area contributed by atoms with Crippen molar-refractivity contribution in [1.82, 2.24) is 0 Å². The zero-order chi connectivity index (χ0) is 48.7. The lowest BCUT2D eigenvalue weighted by atomic mass is 9.33. The summed E-state index contributed by atoms with van der Waals surface area (Å²) >= 11 is 0. The summed E-state index contributed by atoms with van der Waals surface area (Å²) in [6.07, 6.45) is 10.6. The second-order valence-electron chi connectivity index (χ2n) is 23.8. The van der Waals surface area contributed by atoms with Crippen molar-refractivity contribution in [3.8, 4) is 0 Å².